The molecule has 2 heterocycles. The van der Waals surface area contributed by atoms with Crippen molar-refractivity contribution in [3.63, 3.8) is 0 Å². The molecule has 1 aromatic carbocycles. The summed E-state index contributed by atoms with van der Waals surface area (Å²) in [6.45, 7) is 1.85. The van der Waals surface area contributed by atoms with Crippen LogP contribution in [0, 0.1) is 0 Å². The van der Waals surface area contributed by atoms with E-state index in [1.807, 2.05) is 11.0 Å². The fourth-order valence-electron chi connectivity index (χ4n) is 3.01. The number of hydrogen-bond donors (Lipinski definition) is 1. The molecular weight excluding hydrogens is 224 g/mol. The van der Waals surface area contributed by atoms with Crippen molar-refractivity contribution in [2.75, 3.05) is 18.0 Å². The number of anilines is 1. The quantitative estimate of drug-likeness (QED) is 0.820. The Morgan fingerprint density at radius 2 is 2.11 bits per heavy atom. The molecular formula is C15H20N2O. The number of para-hydroxylation sites is 1. The second-order valence-electron chi connectivity index (χ2n) is 5.22. The monoisotopic (exact) mass is 244 g/mol. The summed E-state index contributed by atoms with van der Waals surface area (Å²) in [5.74, 6) is 0.266. The number of benzene rings is 1. The summed E-state index contributed by atoms with van der Waals surface area (Å²) in [5.41, 5.74) is 2.44. The lowest BCUT2D eigenvalue weighted by molar-refractivity contribution is -0.121. The molecule has 2 aliphatic heterocycles. The van der Waals surface area contributed by atoms with Gasteiger partial charge in [0.25, 0.3) is 0 Å². The molecule has 1 atom stereocenters. The number of nitrogens with one attached hydrogen (secondary N) is 1. The maximum absolute atomic E-state index is 12.6. The number of fused-ring (bicyclic) bond motifs is 1. The first-order valence-corrected chi connectivity index (χ1v) is 6.99. The van der Waals surface area contributed by atoms with Crippen LogP contribution in [0.5, 0.6) is 0 Å². The SMILES string of the molecule is O=C([C@@H]1CCCCN1)N1CCCc2ccccc21. The number of amides is 1. The highest BCUT2D eigenvalue weighted by Gasteiger charge is 2.29. The van der Waals surface area contributed by atoms with Crippen molar-refractivity contribution in [2.45, 2.75) is 38.1 Å². The van der Waals surface area contributed by atoms with Crippen molar-refractivity contribution < 1.29 is 4.79 Å². The van der Waals surface area contributed by atoms with Gasteiger partial charge < -0.3 is 10.2 Å². The topological polar surface area (TPSA) is 32.3 Å². The standard InChI is InChI=1S/C15H20N2O/c18-15(13-8-3-4-10-16-13)17-11-5-7-12-6-1-2-9-14(12)17/h1-2,6,9,13,16H,3-5,7-8,10-11H2/t13-/m0/s1. The van der Waals surface area contributed by atoms with Gasteiger partial charge in [0.05, 0.1) is 6.04 Å². The molecule has 0 aromatic heterocycles. The zero-order valence-corrected chi connectivity index (χ0v) is 10.7. The third kappa shape index (κ3) is 2.15. The summed E-state index contributed by atoms with van der Waals surface area (Å²) in [6, 6.07) is 8.34. The third-order valence-corrected chi connectivity index (χ3v) is 3.98. The average molecular weight is 244 g/mol. The van der Waals surface area contributed by atoms with Crippen molar-refractivity contribution >= 4 is 11.6 Å². The average Bonchev–Trinajstić information content (AvgIpc) is 2.47. The van der Waals surface area contributed by atoms with Gasteiger partial charge in [-0.3, -0.25) is 4.79 Å². The molecule has 0 bridgehead atoms. The molecule has 1 amide bonds. The van der Waals surface area contributed by atoms with Crippen LogP contribution < -0.4 is 10.2 Å². The van der Waals surface area contributed by atoms with E-state index in [9.17, 15) is 4.79 Å². The van der Waals surface area contributed by atoms with E-state index in [1.54, 1.807) is 0 Å². The smallest absolute Gasteiger partial charge is 0.244 e. The molecule has 1 N–H and O–H groups in total. The molecule has 3 heteroatoms. The Kier molecular flexibility index (Phi) is 3.33. The van der Waals surface area contributed by atoms with E-state index in [-0.39, 0.29) is 11.9 Å². The minimum absolute atomic E-state index is 0.0323. The van der Waals surface area contributed by atoms with Crippen LogP contribution in [0.1, 0.15) is 31.2 Å². The third-order valence-electron chi connectivity index (χ3n) is 3.98. The molecule has 1 aromatic rings. The number of hydrogen-bond acceptors (Lipinski definition) is 2. The van der Waals surface area contributed by atoms with Crippen molar-refractivity contribution in [2.24, 2.45) is 0 Å². The highest BCUT2D eigenvalue weighted by Crippen LogP contribution is 2.27. The van der Waals surface area contributed by atoms with Gasteiger partial charge in [0.15, 0.2) is 0 Å². The van der Waals surface area contributed by atoms with Gasteiger partial charge in [-0.15, -0.1) is 0 Å². The number of aryl methyl sites for hydroxylation is 1. The van der Waals surface area contributed by atoms with Crippen LogP contribution in [0.2, 0.25) is 0 Å². The Labute approximate surface area is 108 Å². The summed E-state index contributed by atoms with van der Waals surface area (Å²) < 4.78 is 0. The van der Waals surface area contributed by atoms with Gasteiger partial charge in [-0.25, -0.2) is 0 Å². The van der Waals surface area contributed by atoms with Gasteiger partial charge in [-0.05, 0) is 43.9 Å². The first-order valence-electron chi connectivity index (χ1n) is 6.99. The maximum atomic E-state index is 12.6. The van der Waals surface area contributed by atoms with Crippen molar-refractivity contribution in [1.82, 2.24) is 5.32 Å². The summed E-state index contributed by atoms with van der Waals surface area (Å²) >= 11 is 0. The first kappa shape index (κ1) is 11.7. The fraction of sp³-hybridized carbons (Fsp3) is 0.533. The van der Waals surface area contributed by atoms with E-state index >= 15 is 0 Å². The highest BCUT2D eigenvalue weighted by molar-refractivity contribution is 5.98. The van der Waals surface area contributed by atoms with Gasteiger partial charge in [0, 0.05) is 12.2 Å². The fourth-order valence-corrected chi connectivity index (χ4v) is 3.01. The summed E-state index contributed by atoms with van der Waals surface area (Å²) in [5, 5.41) is 3.36. The van der Waals surface area contributed by atoms with Gasteiger partial charge in [-0.2, -0.15) is 0 Å². The molecule has 0 saturated carbocycles. The Morgan fingerprint density at radius 3 is 2.94 bits per heavy atom. The van der Waals surface area contributed by atoms with Crippen LogP contribution in [0.25, 0.3) is 0 Å². The molecule has 18 heavy (non-hydrogen) atoms. The van der Waals surface area contributed by atoms with Gasteiger partial charge in [0.1, 0.15) is 0 Å². The molecule has 1 saturated heterocycles. The van der Waals surface area contributed by atoms with Crippen LogP contribution in [-0.4, -0.2) is 25.0 Å². The van der Waals surface area contributed by atoms with Crippen LogP contribution in [0.3, 0.4) is 0 Å². The number of piperidine rings is 1. The van der Waals surface area contributed by atoms with Crippen molar-refractivity contribution in [3.8, 4) is 0 Å². The second kappa shape index (κ2) is 5.11. The molecule has 0 unspecified atom stereocenters. The largest absolute Gasteiger partial charge is 0.311 e. The Bertz CT molecular complexity index is 438. The Morgan fingerprint density at radius 1 is 1.22 bits per heavy atom. The van der Waals surface area contributed by atoms with Gasteiger partial charge >= 0.3 is 0 Å². The normalized spacial score (nSPS) is 23.6. The lowest BCUT2D eigenvalue weighted by atomic mass is 9.98. The lowest BCUT2D eigenvalue weighted by Gasteiger charge is -2.34. The van der Waals surface area contributed by atoms with Crippen LogP contribution in [0.4, 0.5) is 5.69 Å². The molecule has 96 valence electrons. The number of rotatable bonds is 1. The van der Waals surface area contributed by atoms with E-state index in [0.29, 0.717) is 0 Å². The van der Waals surface area contributed by atoms with E-state index in [4.69, 9.17) is 0 Å². The molecule has 3 rings (SSSR count). The van der Waals surface area contributed by atoms with Crippen LogP contribution >= 0.6 is 0 Å². The number of carbonyl (C=O) groups is 1. The predicted octanol–water partition coefficient (Wildman–Crippen LogP) is 2.11. The molecule has 0 radical (unpaired) electrons. The second-order valence-corrected chi connectivity index (χ2v) is 5.22. The predicted molar refractivity (Wildman–Crippen MR) is 72.8 cm³/mol. The van der Waals surface area contributed by atoms with Crippen LogP contribution in [0.15, 0.2) is 24.3 Å². The van der Waals surface area contributed by atoms with E-state index in [1.165, 1.54) is 18.4 Å². The summed E-state index contributed by atoms with van der Waals surface area (Å²) in [6.07, 6.45) is 5.52. The maximum Gasteiger partial charge on any atom is 0.244 e. The Balaban J connectivity index is 1.82. The van der Waals surface area contributed by atoms with E-state index < -0.39 is 0 Å². The molecule has 0 spiro atoms. The van der Waals surface area contributed by atoms with Gasteiger partial charge in [0.2, 0.25) is 5.91 Å². The zero-order chi connectivity index (χ0) is 12.4. The number of carbonyl (C=O) groups excluding carboxylic acids is 1. The van der Waals surface area contributed by atoms with E-state index in [0.717, 1.165) is 38.0 Å². The first-order chi connectivity index (χ1) is 8.86. The molecule has 1 fully saturated rings. The van der Waals surface area contributed by atoms with Crippen molar-refractivity contribution in [3.05, 3.63) is 29.8 Å². The summed E-state index contributed by atoms with van der Waals surface area (Å²) in [4.78, 5) is 14.6. The molecule has 3 nitrogen and oxygen atoms in total. The minimum Gasteiger partial charge on any atom is -0.311 e. The number of nitrogens with zero attached hydrogens (tertiary/aromatic N) is 1. The molecule has 2 aliphatic rings. The zero-order valence-electron chi connectivity index (χ0n) is 10.7. The van der Waals surface area contributed by atoms with Crippen LogP contribution in [-0.2, 0) is 11.2 Å². The van der Waals surface area contributed by atoms with E-state index in [2.05, 4.69) is 23.5 Å². The lowest BCUT2D eigenvalue weighted by Crippen LogP contribution is -2.50. The molecule has 0 aliphatic carbocycles. The minimum atomic E-state index is 0.0323. The highest BCUT2D eigenvalue weighted by atomic mass is 16.2. The van der Waals surface area contributed by atoms with Gasteiger partial charge in [-0.1, -0.05) is 24.6 Å². The summed E-state index contributed by atoms with van der Waals surface area (Å²) in [7, 11) is 0. The van der Waals surface area contributed by atoms with Crippen molar-refractivity contribution in [1.29, 1.82) is 0 Å². The Hall–Kier alpha value is -1.35.